The Morgan fingerprint density at radius 3 is 2.20 bits per heavy atom. The van der Waals surface area contributed by atoms with Gasteiger partial charge in [0.25, 0.3) is 0 Å². The van der Waals surface area contributed by atoms with Crippen molar-refractivity contribution in [3.05, 3.63) is 34.4 Å². The molecule has 1 aromatic rings. The second kappa shape index (κ2) is 6.84. The van der Waals surface area contributed by atoms with Crippen LogP contribution in [-0.4, -0.2) is 24.4 Å². The zero-order chi connectivity index (χ0) is 15.3. The van der Waals surface area contributed by atoms with E-state index in [0.29, 0.717) is 0 Å². The first-order valence-corrected chi connectivity index (χ1v) is 6.46. The SMILES string of the molecule is CCOC(=O)N=C(NC(C)=O)c1c(C)cc(C)cc1C. The number of nitrogens with one attached hydrogen (secondary N) is 1. The Morgan fingerprint density at radius 1 is 1.20 bits per heavy atom. The fourth-order valence-electron chi connectivity index (χ4n) is 2.11. The highest BCUT2D eigenvalue weighted by Crippen LogP contribution is 2.17. The first-order valence-electron chi connectivity index (χ1n) is 6.46. The molecule has 0 fully saturated rings. The molecule has 0 bridgehead atoms. The summed E-state index contributed by atoms with van der Waals surface area (Å²) in [5.74, 6) is -0.0571. The molecule has 108 valence electrons. The van der Waals surface area contributed by atoms with Gasteiger partial charge in [0, 0.05) is 12.5 Å². The van der Waals surface area contributed by atoms with Crippen molar-refractivity contribution < 1.29 is 14.3 Å². The predicted octanol–water partition coefficient (Wildman–Crippen LogP) is 2.65. The lowest BCUT2D eigenvalue weighted by Crippen LogP contribution is -2.31. The van der Waals surface area contributed by atoms with Gasteiger partial charge in [-0.05, 0) is 38.8 Å². The Kier molecular flexibility index (Phi) is 5.43. The van der Waals surface area contributed by atoms with E-state index in [1.807, 2.05) is 32.9 Å². The molecular weight excluding hydrogens is 256 g/mol. The number of benzene rings is 1. The summed E-state index contributed by atoms with van der Waals surface area (Å²) in [6.07, 6.45) is -0.712. The van der Waals surface area contributed by atoms with Crippen LogP contribution >= 0.6 is 0 Å². The van der Waals surface area contributed by atoms with Gasteiger partial charge >= 0.3 is 6.09 Å². The Balaban J connectivity index is 3.31. The van der Waals surface area contributed by atoms with Gasteiger partial charge in [-0.25, -0.2) is 4.79 Å². The first-order chi connectivity index (χ1) is 9.35. The molecule has 0 aliphatic carbocycles. The molecule has 1 aromatic carbocycles. The molecule has 0 unspecified atom stereocenters. The van der Waals surface area contributed by atoms with Crippen LogP contribution in [0.1, 0.15) is 36.1 Å². The molecule has 0 saturated carbocycles. The van der Waals surface area contributed by atoms with Gasteiger partial charge in [-0.2, -0.15) is 4.99 Å². The van der Waals surface area contributed by atoms with Gasteiger partial charge in [-0.3, -0.25) is 4.79 Å². The van der Waals surface area contributed by atoms with Crippen molar-refractivity contribution in [2.24, 2.45) is 4.99 Å². The number of carbonyl (C=O) groups is 2. The van der Waals surface area contributed by atoms with Crippen LogP contribution in [0.25, 0.3) is 0 Å². The van der Waals surface area contributed by atoms with Gasteiger partial charge in [0.1, 0.15) is 5.84 Å². The van der Waals surface area contributed by atoms with E-state index < -0.39 is 6.09 Å². The number of hydrogen-bond donors (Lipinski definition) is 1. The summed E-state index contributed by atoms with van der Waals surface area (Å²) in [6.45, 7) is 9.13. The molecule has 0 spiro atoms. The number of aliphatic imine (C=N–C) groups is 1. The summed E-state index contributed by atoms with van der Waals surface area (Å²) < 4.78 is 4.80. The highest BCUT2D eigenvalue weighted by Gasteiger charge is 2.14. The maximum atomic E-state index is 11.5. The Labute approximate surface area is 119 Å². The van der Waals surface area contributed by atoms with Crippen molar-refractivity contribution in [3.8, 4) is 0 Å². The van der Waals surface area contributed by atoms with E-state index in [0.717, 1.165) is 22.3 Å². The lowest BCUT2D eigenvalue weighted by molar-refractivity contribution is -0.117. The third-order valence-corrected chi connectivity index (χ3v) is 2.68. The maximum absolute atomic E-state index is 11.5. The summed E-state index contributed by atoms with van der Waals surface area (Å²) in [4.78, 5) is 26.7. The van der Waals surface area contributed by atoms with E-state index in [-0.39, 0.29) is 18.3 Å². The zero-order valence-electron chi connectivity index (χ0n) is 12.5. The van der Waals surface area contributed by atoms with Crippen LogP contribution in [0.15, 0.2) is 17.1 Å². The molecule has 1 N–H and O–H groups in total. The largest absolute Gasteiger partial charge is 0.448 e. The lowest BCUT2D eigenvalue weighted by atomic mass is 9.99. The van der Waals surface area contributed by atoms with Gasteiger partial charge in [0.15, 0.2) is 0 Å². The number of hydrogen-bond acceptors (Lipinski definition) is 3. The van der Waals surface area contributed by atoms with E-state index >= 15 is 0 Å². The Morgan fingerprint density at radius 2 is 1.75 bits per heavy atom. The molecule has 5 heteroatoms. The Bertz CT molecular complexity index is 539. The molecule has 0 radical (unpaired) electrons. The van der Waals surface area contributed by atoms with Crippen LogP contribution in [-0.2, 0) is 9.53 Å². The monoisotopic (exact) mass is 276 g/mol. The third kappa shape index (κ3) is 4.19. The van der Waals surface area contributed by atoms with Gasteiger partial charge in [-0.15, -0.1) is 0 Å². The van der Waals surface area contributed by atoms with Crippen molar-refractivity contribution in [2.45, 2.75) is 34.6 Å². The molecule has 20 heavy (non-hydrogen) atoms. The van der Waals surface area contributed by atoms with Crippen LogP contribution in [0.5, 0.6) is 0 Å². The summed E-state index contributed by atoms with van der Waals surface area (Å²) in [7, 11) is 0. The van der Waals surface area contributed by atoms with Crippen LogP contribution in [0.2, 0.25) is 0 Å². The normalized spacial score (nSPS) is 11.2. The molecule has 0 atom stereocenters. The molecule has 0 heterocycles. The van der Waals surface area contributed by atoms with E-state index in [4.69, 9.17) is 4.74 Å². The summed E-state index contributed by atoms with van der Waals surface area (Å²) in [5, 5.41) is 2.60. The molecule has 0 aromatic heterocycles. The minimum absolute atomic E-state index is 0.228. The number of nitrogens with zero attached hydrogens (tertiary/aromatic N) is 1. The molecule has 0 aliphatic heterocycles. The topological polar surface area (TPSA) is 67.8 Å². The van der Waals surface area contributed by atoms with Crippen molar-refractivity contribution in [1.29, 1.82) is 0 Å². The van der Waals surface area contributed by atoms with E-state index in [9.17, 15) is 9.59 Å². The van der Waals surface area contributed by atoms with Crippen LogP contribution in [0.4, 0.5) is 4.79 Å². The average Bonchev–Trinajstić information content (AvgIpc) is 2.26. The predicted molar refractivity (Wildman–Crippen MR) is 78.0 cm³/mol. The number of carbonyl (C=O) groups excluding carboxylic acids is 2. The van der Waals surface area contributed by atoms with Crippen LogP contribution < -0.4 is 5.32 Å². The highest BCUT2D eigenvalue weighted by atomic mass is 16.5. The number of ether oxygens (including phenoxy) is 1. The van der Waals surface area contributed by atoms with Gasteiger partial charge in [0.05, 0.1) is 6.61 Å². The molecule has 2 amide bonds. The van der Waals surface area contributed by atoms with E-state index in [1.54, 1.807) is 6.92 Å². The number of rotatable bonds is 2. The molecule has 0 saturated heterocycles. The minimum Gasteiger partial charge on any atom is -0.448 e. The van der Waals surface area contributed by atoms with Gasteiger partial charge in [-0.1, -0.05) is 17.7 Å². The maximum Gasteiger partial charge on any atom is 0.435 e. The van der Waals surface area contributed by atoms with E-state index in [1.165, 1.54) is 6.92 Å². The fraction of sp³-hybridized carbons (Fsp3) is 0.400. The van der Waals surface area contributed by atoms with Gasteiger partial charge in [0.2, 0.25) is 5.91 Å². The van der Waals surface area contributed by atoms with Crippen molar-refractivity contribution in [3.63, 3.8) is 0 Å². The Hall–Kier alpha value is -2.17. The molecule has 5 nitrogen and oxygen atoms in total. The summed E-state index contributed by atoms with van der Waals surface area (Å²) in [5.41, 5.74) is 3.75. The lowest BCUT2D eigenvalue weighted by Gasteiger charge is -2.14. The number of aryl methyl sites for hydroxylation is 3. The first kappa shape index (κ1) is 15.9. The molecule has 0 aliphatic rings. The third-order valence-electron chi connectivity index (χ3n) is 2.68. The smallest absolute Gasteiger partial charge is 0.435 e. The standard InChI is InChI=1S/C15H20N2O3/c1-6-20-15(19)17-14(16-12(5)18)13-10(3)7-9(2)8-11(13)4/h7-8H,6H2,1-5H3,(H,16,17,18,19). The second-order valence-electron chi connectivity index (χ2n) is 4.61. The summed E-state index contributed by atoms with van der Waals surface area (Å²) >= 11 is 0. The molecular formula is C15H20N2O3. The molecule has 1 rings (SSSR count). The zero-order valence-corrected chi connectivity index (χ0v) is 12.5. The number of amidine groups is 1. The second-order valence-corrected chi connectivity index (χ2v) is 4.61. The van der Waals surface area contributed by atoms with Gasteiger partial charge < -0.3 is 10.1 Å². The van der Waals surface area contributed by atoms with Crippen LogP contribution in [0.3, 0.4) is 0 Å². The van der Waals surface area contributed by atoms with Crippen LogP contribution in [0, 0.1) is 20.8 Å². The fourth-order valence-corrected chi connectivity index (χ4v) is 2.11. The van der Waals surface area contributed by atoms with Crippen molar-refractivity contribution in [2.75, 3.05) is 6.61 Å². The highest BCUT2D eigenvalue weighted by molar-refractivity contribution is 6.12. The average molecular weight is 276 g/mol. The van der Waals surface area contributed by atoms with Crippen molar-refractivity contribution in [1.82, 2.24) is 5.32 Å². The van der Waals surface area contributed by atoms with E-state index in [2.05, 4.69) is 10.3 Å². The number of amides is 2. The van der Waals surface area contributed by atoms with Crippen molar-refractivity contribution >= 4 is 17.8 Å². The quantitative estimate of drug-likeness (QED) is 0.667. The minimum atomic E-state index is -0.712. The summed E-state index contributed by atoms with van der Waals surface area (Å²) in [6, 6.07) is 3.95.